The number of fused-ring (bicyclic) bond motifs is 1. The number of amides is 3. The summed E-state index contributed by atoms with van der Waals surface area (Å²) < 4.78 is 35.1. The Kier molecular flexibility index (Phi) is 11.2. The van der Waals surface area contributed by atoms with E-state index in [0.717, 1.165) is 4.90 Å². The third-order valence-electron chi connectivity index (χ3n) is 5.73. The van der Waals surface area contributed by atoms with Gasteiger partial charge >= 0.3 is 59.1 Å². The zero-order valence-corrected chi connectivity index (χ0v) is 20.1. The molecule has 1 aromatic heterocycles. The van der Waals surface area contributed by atoms with Gasteiger partial charge in [0.15, 0.2) is 24.2 Å². The Morgan fingerprint density at radius 2 is 1.76 bits per heavy atom. The third kappa shape index (κ3) is 6.69. The maximum absolute atomic E-state index is 12.9. The molecular formula is C22H22N4Na2O8S2. The van der Waals surface area contributed by atoms with E-state index in [1.807, 2.05) is 0 Å². The van der Waals surface area contributed by atoms with Crippen LogP contribution in [0.2, 0.25) is 0 Å². The van der Waals surface area contributed by atoms with Gasteiger partial charge in [0, 0.05) is 23.5 Å². The number of aliphatic carboxylic acids is 1. The normalized spacial score (nSPS) is 19.2. The van der Waals surface area contributed by atoms with Crippen molar-refractivity contribution in [1.82, 2.24) is 10.2 Å². The van der Waals surface area contributed by atoms with Crippen LogP contribution in [0.15, 0.2) is 66.1 Å². The number of pyridine rings is 1. The number of nitrogens with two attached hydrogens (primary N) is 1. The number of aromatic nitrogens is 1. The van der Waals surface area contributed by atoms with Gasteiger partial charge in [-0.2, -0.15) is 8.42 Å². The Morgan fingerprint density at radius 3 is 2.29 bits per heavy atom. The number of benzene rings is 1. The first kappa shape index (κ1) is 32.5. The van der Waals surface area contributed by atoms with Crippen molar-refractivity contribution in [2.45, 2.75) is 23.2 Å². The molecule has 2 aromatic rings. The van der Waals surface area contributed by atoms with Crippen LogP contribution in [-0.2, 0) is 31.0 Å². The Bertz CT molecular complexity index is 1390. The van der Waals surface area contributed by atoms with E-state index in [9.17, 15) is 37.3 Å². The van der Waals surface area contributed by atoms with Gasteiger partial charge in [-0.3, -0.25) is 23.8 Å². The van der Waals surface area contributed by atoms with Crippen molar-refractivity contribution in [2.24, 2.45) is 5.73 Å². The summed E-state index contributed by atoms with van der Waals surface area (Å²) in [6, 6.07) is 9.02. The summed E-state index contributed by atoms with van der Waals surface area (Å²) in [7, 11) is -4.86. The second-order valence-electron chi connectivity index (χ2n) is 8.06. The van der Waals surface area contributed by atoms with Crippen LogP contribution in [0.4, 0.5) is 0 Å². The van der Waals surface area contributed by atoms with Crippen LogP contribution in [-0.4, -0.2) is 118 Å². The molecule has 2 aliphatic heterocycles. The molecule has 0 bridgehead atoms. The number of hydrogen-bond donors (Lipinski definition) is 3. The van der Waals surface area contributed by atoms with E-state index in [4.69, 9.17) is 5.73 Å². The molecule has 0 aliphatic carbocycles. The second kappa shape index (κ2) is 13.1. The Morgan fingerprint density at radius 1 is 1.16 bits per heavy atom. The molecule has 1 fully saturated rings. The van der Waals surface area contributed by atoms with Crippen LogP contribution in [0.25, 0.3) is 0 Å². The fraction of sp³-hybridized carbons (Fsp3) is 0.227. The Hall–Kier alpha value is -1.75. The van der Waals surface area contributed by atoms with Crippen molar-refractivity contribution in [3.8, 4) is 0 Å². The number of carbonyl (C=O) groups excluding carboxylic acids is 4. The molecule has 1 aromatic carbocycles. The molecule has 4 rings (SSSR count). The van der Waals surface area contributed by atoms with E-state index in [1.165, 1.54) is 60.6 Å². The standard InChI is InChI=1S/C22H20N4O8S2.2Na.2H/c23-18(27)13-6-8-25(9-7-13)10-14-11-35-21-15(20(29)26(21)16(14)22(30)31)24-19(28)17(36(32,33)34)12-4-2-1-3-5-12;;;;/h1-9,15,17,21H,10-11H2,(H4-,23,24,27,28,30,31,32,33,34);;;;/t15-,17-,21-;;;;/m1..../s1. The first-order valence-electron chi connectivity index (χ1n) is 10.5. The number of nitrogens with zero attached hydrogens (tertiary/aromatic N) is 2. The zero-order chi connectivity index (χ0) is 26.2. The molecule has 3 amide bonds. The third-order valence-corrected chi connectivity index (χ3v) is 8.15. The van der Waals surface area contributed by atoms with Crippen molar-refractivity contribution in [3.63, 3.8) is 0 Å². The van der Waals surface area contributed by atoms with Crippen LogP contribution in [0.5, 0.6) is 0 Å². The molecular weight excluding hydrogens is 558 g/mol. The average molecular weight is 581 g/mol. The van der Waals surface area contributed by atoms with Crippen LogP contribution in [0, 0.1) is 0 Å². The summed E-state index contributed by atoms with van der Waals surface area (Å²) >= 11 is 1.18. The van der Waals surface area contributed by atoms with E-state index < -0.39 is 50.5 Å². The molecule has 16 heteroatoms. The summed E-state index contributed by atoms with van der Waals surface area (Å²) in [6.07, 6.45) is 3.08. The number of nitrogens with one attached hydrogen (secondary N) is 1. The van der Waals surface area contributed by atoms with Crippen molar-refractivity contribution in [3.05, 3.63) is 77.3 Å². The minimum absolute atomic E-state index is 0. The summed E-state index contributed by atoms with van der Waals surface area (Å²) in [5.74, 6) is -3.89. The fourth-order valence-electron chi connectivity index (χ4n) is 4.06. The molecule has 38 heavy (non-hydrogen) atoms. The molecule has 2 aliphatic rings. The van der Waals surface area contributed by atoms with Gasteiger partial charge in [-0.1, -0.05) is 30.3 Å². The first-order chi connectivity index (χ1) is 17.0. The van der Waals surface area contributed by atoms with Gasteiger partial charge in [0.1, 0.15) is 11.4 Å². The molecule has 3 heterocycles. The van der Waals surface area contributed by atoms with E-state index in [0.29, 0.717) is 5.57 Å². The van der Waals surface area contributed by atoms with Crippen LogP contribution in [0.3, 0.4) is 0 Å². The maximum atomic E-state index is 12.9. The predicted molar refractivity (Wildman–Crippen MR) is 137 cm³/mol. The van der Waals surface area contributed by atoms with Crippen molar-refractivity contribution >= 4 is 105 Å². The van der Waals surface area contributed by atoms with Gasteiger partial charge < -0.3 is 21.0 Å². The molecule has 0 radical (unpaired) electrons. The fourth-order valence-corrected chi connectivity index (χ4v) is 6.23. The SMILES string of the molecule is NC(=O)c1cc[n+](CC2=C(C(=O)[O-])N3C(=O)[C@@H](NC(=O)[C@@H](c4ccccc4)S(=O)(=O)O)[C@H]3SC2)cc1.[NaH].[NaH]. The molecule has 0 saturated carbocycles. The number of carboxylic acid groups (broad SMARTS) is 1. The molecule has 0 spiro atoms. The number of primary amides is 1. The quantitative estimate of drug-likeness (QED) is 0.125. The number of β-lactam (4-membered cyclic amide) rings is 1. The zero-order valence-electron chi connectivity index (χ0n) is 18.4. The molecule has 0 unspecified atom stereocenters. The number of carboxylic acids is 1. The van der Waals surface area contributed by atoms with Crippen LogP contribution >= 0.6 is 11.8 Å². The summed E-state index contributed by atoms with van der Waals surface area (Å²) in [5, 5.41) is 11.5. The topological polar surface area (TPSA) is 191 Å². The van der Waals surface area contributed by atoms with Crippen molar-refractivity contribution < 1.29 is 41.8 Å². The molecule has 192 valence electrons. The van der Waals surface area contributed by atoms with Crippen molar-refractivity contribution in [1.29, 1.82) is 0 Å². The average Bonchev–Trinajstić information content (AvgIpc) is 2.82. The molecule has 4 N–H and O–H groups in total. The van der Waals surface area contributed by atoms with Gasteiger partial charge in [-0.15, -0.1) is 11.8 Å². The molecule has 1 saturated heterocycles. The molecule has 3 atom stereocenters. The van der Waals surface area contributed by atoms with Gasteiger partial charge in [0.2, 0.25) is 11.8 Å². The minimum atomic E-state index is -4.86. The van der Waals surface area contributed by atoms with E-state index >= 15 is 0 Å². The van der Waals surface area contributed by atoms with Gasteiger partial charge in [-0.05, 0) is 5.56 Å². The molecule has 12 nitrogen and oxygen atoms in total. The predicted octanol–water partition coefficient (Wildman–Crippen LogP) is -3.19. The van der Waals surface area contributed by atoms with E-state index in [1.54, 1.807) is 10.6 Å². The second-order valence-corrected chi connectivity index (χ2v) is 10.7. The number of carbonyl (C=O) groups is 4. The van der Waals surface area contributed by atoms with Crippen LogP contribution < -0.4 is 20.7 Å². The van der Waals surface area contributed by atoms with Gasteiger partial charge in [-0.25, -0.2) is 4.57 Å². The summed E-state index contributed by atoms with van der Waals surface area (Å²) in [6.45, 7) is 0.0850. The Labute approximate surface area is 266 Å². The van der Waals surface area contributed by atoms with E-state index in [2.05, 4.69) is 5.32 Å². The van der Waals surface area contributed by atoms with Gasteiger partial charge in [0.25, 0.3) is 16.0 Å². The monoisotopic (exact) mass is 580 g/mol. The number of hydrogen-bond acceptors (Lipinski definition) is 8. The summed E-state index contributed by atoms with van der Waals surface area (Å²) in [5.41, 5.74) is 5.53. The number of thioether (sulfide) groups is 1. The van der Waals surface area contributed by atoms with Crippen molar-refractivity contribution in [2.75, 3.05) is 5.75 Å². The number of rotatable bonds is 8. The van der Waals surface area contributed by atoms with Crippen LogP contribution in [0.1, 0.15) is 21.2 Å². The Balaban J connectivity index is 0.00000253. The summed E-state index contributed by atoms with van der Waals surface area (Å²) in [4.78, 5) is 49.9. The van der Waals surface area contributed by atoms with E-state index in [-0.39, 0.29) is 88.2 Å². The van der Waals surface area contributed by atoms with Gasteiger partial charge in [0.05, 0.1) is 17.2 Å². The first-order valence-corrected chi connectivity index (χ1v) is 13.0.